The number of carbonyl (C=O) groups excluding carboxylic acids is 1. The monoisotopic (exact) mass is 281 g/mol. The summed E-state index contributed by atoms with van der Waals surface area (Å²) in [5.41, 5.74) is 1.51. The van der Waals surface area contributed by atoms with E-state index in [4.69, 9.17) is 0 Å². The number of ether oxygens (including phenoxy) is 1. The maximum Gasteiger partial charge on any atom is 0.422 e. The molecule has 0 saturated heterocycles. The molecule has 0 aliphatic heterocycles. The fraction of sp³-hybridized carbons (Fsp3) is 0.143. The summed E-state index contributed by atoms with van der Waals surface area (Å²) in [5, 5.41) is 0. The maximum atomic E-state index is 12.1. The van der Waals surface area contributed by atoms with Gasteiger partial charge < -0.3 is 4.74 Å². The fourth-order valence-corrected chi connectivity index (χ4v) is 1.64. The SMILES string of the molecule is O=Cc1cc(-c2cccnc2)ccc1OCC(F)(F)F. The summed E-state index contributed by atoms with van der Waals surface area (Å²) in [6, 6.07) is 7.90. The predicted molar refractivity (Wildman–Crippen MR) is 66.6 cm³/mol. The number of nitrogens with zero attached hydrogens (tertiary/aromatic N) is 1. The Morgan fingerprint density at radius 2 is 2.00 bits per heavy atom. The van der Waals surface area contributed by atoms with Gasteiger partial charge in [-0.3, -0.25) is 9.78 Å². The Morgan fingerprint density at radius 1 is 1.20 bits per heavy atom. The van der Waals surface area contributed by atoms with E-state index in [1.165, 1.54) is 12.1 Å². The Kier molecular flexibility index (Phi) is 4.02. The normalized spacial score (nSPS) is 11.2. The van der Waals surface area contributed by atoms with Crippen molar-refractivity contribution in [1.29, 1.82) is 0 Å². The van der Waals surface area contributed by atoms with E-state index in [1.807, 2.05) is 0 Å². The third-order valence-electron chi connectivity index (χ3n) is 2.52. The largest absolute Gasteiger partial charge is 0.483 e. The van der Waals surface area contributed by atoms with Gasteiger partial charge >= 0.3 is 6.18 Å². The van der Waals surface area contributed by atoms with Crippen LogP contribution in [0.15, 0.2) is 42.7 Å². The number of carbonyl (C=O) groups is 1. The highest BCUT2D eigenvalue weighted by Crippen LogP contribution is 2.26. The van der Waals surface area contributed by atoms with E-state index in [0.29, 0.717) is 11.8 Å². The molecule has 0 bridgehead atoms. The first-order chi connectivity index (χ1) is 9.49. The Bertz CT molecular complexity index is 597. The van der Waals surface area contributed by atoms with Crippen LogP contribution in [0.4, 0.5) is 13.2 Å². The third kappa shape index (κ3) is 3.57. The highest BCUT2D eigenvalue weighted by molar-refractivity contribution is 5.82. The zero-order valence-corrected chi connectivity index (χ0v) is 10.2. The van der Waals surface area contributed by atoms with E-state index in [1.54, 1.807) is 30.6 Å². The van der Waals surface area contributed by atoms with Crippen LogP contribution in [-0.2, 0) is 0 Å². The number of aromatic nitrogens is 1. The van der Waals surface area contributed by atoms with Crippen molar-refractivity contribution in [3.63, 3.8) is 0 Å². The van der Waals surface area contributed by atoms with Crippen molar-refractivity contribution in [2.75, 3.05) is 6.61 Å². The van der Waals surface area contributed by atoms with Crippen LogP contribution in [0.25, 0.3) is 11.1 Å². The Morgan fingerprint density at radius 3 is 2.60 bits per heavy atom. The van der Waals surface area contributed by atoms with Crippen LogP contribution in [0.5, 0.6) is 5.75 Å². The van der Waals surface area contributed by atoms with Crippen LogP contribution in [-0.4, -0.2) is 24.1 Å². The second kappa shape index (κ2) is 5.73. The van der Waals surface area contributed by atoms with Crippen molar-refractivity contribution < 1.29 is 22.7 Å². The highest BCUT2D eigenvalue weighted by atomic mass is 19.4. The molecule has 1 aromatic heterocycles. The number of hydrogen-bond acceptors (Lipinski definition) is 3. The molecule has 2 aromatic rings. The molecule has 0 radical (unpaired) electrons. The van der Waals surface area contributed by atoms with E-state index >= 15 is 0 Å². The number of halogens is 3. The van der Waals surface area contributed by atoms with Crippen molar-refractivity contribution in [2.45, 2.75) is 6.18 Å². The van der Waals surface area contributed by atoms with Gasteiger partial charge in [-0.05, 0) is 23.8 Å². The lowest BCUT2D eigenvalue weighted by atomic mass is 10.0. The standard InChI is InChI=1S/C14H10F3NO2/c15-14(16,17)9-20-13-4-3-10(6-12(13)8-19)11-2-1-5-18-7-11/h1-8H,9H2. The molecule has 3 nitrogen and oxygen atoms in total. The fourth-order valence-electron chi connectivity index (χ4n) is 1.64. The van der Waals surface area contributed by atoms with Gasteiger partial charge in [-0.15, -0.1) is 0 Å². The second-order valence-electron chi connectivity index (χ2n) is 4.02. The zero-order chi connectivity index (χ0) is 14.6. The molecule has 0 aliphatic rings. The molecule has 0 aliphatic carbocycles. The number of alkyl halides is 3. The summed E-state index contributed by atoms with van der Waals surface area (Å²) in [6.45, 7) is -1.43. The summed E-state index contributed by atoms with van der Waals surface area (Å²) in [4.78, 5) is 14.9. The minimum Gasteiger partial charge on any atom is -0.483 e. The minimum atomic E-state index is -4.44. The van der Waals surface area contributed by atoms with Crippen molar-refractivity contribution in [2.24, 2.45) is 0 Å². The van der Waals surface area contributed by atoms with Crippen LogP contribution in [0.2, 0.25) is 0 Å². The van der Waals surface area contributed by atoms with Crippen molar-refractivity contribution in [3.05, 3.63) is 48.3 Å². The van der Waals surface area contributed by atoms with Crippen LogP contribution < -0.4 is 4.74 Å². The van der Waals surface area contributed by atoms with Crippen molar-refractivity contribution >= 4 is 6.29 Å². The molecular formula is C14H10F3NO2. The summed E-state index contributed by atoms with van der Waals surface area (Å²) in [6.07, 6.45) is -0.779. The first-order valence-electron chi connectivity index (χ1n) is 5.69. The number of aldehydes is 1. The first-order valence-corrected chi connectivity index (χ1v) is 5.69. The van der Waals surface area contributed by atoms with Gasteiger partial charge in [0, 0.05) is 18.0 Å². The van der Waals surface area contributed by atoms with E-state index < -0.39 is 12.8 Å². The molecule has 0 saturated carbocycles. The van der Waals surface area contributed by atoms with Gasteiger partial charge in [-0.25, -0.2) is 0 Å². The Labute approximate surface area is 113 Å². The number of benzene rings is 1. The minimum absolute atomic E-state index is 0.0654. The van der Waals surface area contributed by atoms with E-state index in [9.17, 15) is 18.0 Å². The summed E-state index contributed by atoms with van der Waals surface area (Å²) in [5.74, 6) is -0.0926. The van der Waals surface area contributed by atoms with Crippen LogP contribution in [0.3, 0.4) is 0 Å². The van der Waals surface area contributed by atoms with Crippen LogP contribution in [0, 0.1) is 0 Å². The average molecular weight is 281 g/mol. The molecule has 0 fully saturated rings. The van der Waals surface area contributed by atoms with E-state index in [0.717, 1.165) is 5.56 Å². The van der Waals surface area contributed by atoms with Gasteiger partial charge in [0.1, 0.15) is 5.75 Å². The van der Waals surface area contributed by atoms with E-state index in [-0.39, 0.29) is 11.3 Å². The second-order valence-corrected chi connectivity index (χ2v) is 4.02. The van der Waals surface area contributed by atoms with Gasteiger partial charge in [0.25, 0.3) is 0 Å². The summed E-state index contributed by atoms with van der Waals surface area (Å²) in [7, 11) is 0. The van der Waals surface area contributed by atoms with Crippen LogP contribution >= 0.6 is 0 Å². The van der Waals surface area contributed by atoms with Gasteiger partial charge in [-0.2, -0.15) is 13.2 Å². The zero-order valence-electron chi connectivity index (χ0n) is 10.2. The van der Waals surface area contributed by atoms with Gasteiger partial charge in [0.2, 0.25) is 0 Å². The summed E-state index contributed by atoms with van der Waals surface area (Å²) < 4.78 is 40.9. The molecule has 20 heavy (non-hydrogen) atoms. The maximum absolute atomic E-state index is 12.1. The number of pyridine rings is 1. The van der Waals surface area contributed by atoms with Gasteiger partial charge in [0.05, 0.1) is 5.56 Å². The number of rotatable bonds is 4. The van der Waals surface area contributed by atoms with E-state index in [2.05, 4.69) is 9.72 Å². The lowest BCUT2D eigenvalue weighted by molar-refractivity contribution is -0.153. The molecule has 0 unspecified atom stereocenters. The molecule has 0 amide bonds. The molecule has 0 N–H and O–H groups in total. The Hall–Kier alpha value is -2.37. The molecule has 1 aromatic carbocycles. The van der Waals surface area contributed by atoms with Gasteiger partial charge in [0.15, 0.2) is 12.9 Å². The lowest BCUT2D eigenvalue weighted by Gasteiger charge is -2.11. The molecule has 1 heterocycles. The first kappa shape index (κ1) is 14.0. The predicted octanol–water partition coefficient (Wildman–Crippen LogP) is 3.50. The van der Waals surface area contributed by atoms with Gasteiger partial charge in [-0.1, -0.05) is 12.1 Å². The summed E-state index contributed by atoms with van der Waals surface area (Å²) >= 11 is 0. The molecular weight excluding hydrogens is 271 g/mol. The molecule has 6 heteroatoms. The van der Waals surface area contributed by atoms with Crippen LogP contribution in [0.1, 0.15) is 10.4 Å². The smallest absolute Gasteiger partial charge is 0.422 e. The molecule has 104 valence electrons. The quantitative estimate of drug-likeness (QED) is 0.805. The lowest BCUT2D eigenvalue weighted by Crippen LogP contribution is -2.19. The number of hydrogen-bond donors (Lipinski definition) is 0. The highest BCUT2D eigenvalue weighted by Gasteiger charge is 2.28. The topological polar surface area (TPSA) is 39.2 Å². The molecule has 0 atom stereocenters. The molecule has 0 spiro atoms. The average Bonchev–Trinajstić information content (AvgIpc) is 2.45. The molecule has 2 rings (SSSR count). The third-order valence-corrected chi connectivity index (χ3v) is 2.52. The Balaban J connectivity index is 2.27. The van der Waals surface area contributed by atoms with Crippen molar-refractivity contribution in [1.82, 2.24) is 4.98 Å². The van der Waals surface area contributed by atoms with Crippen molar-refractivity contribution in [3.8, 4) is 16.9 Å².